The molecule has 146 valence electrons. The topological polar surface area (TPSA) is 59.7 Å². The van der Waals surface area contributed by atoms with Crippen LogP contribution in [-0.4, -0.2) is 38.8 Å². The summed E-state index contributed by atoms with van der Waals surface area (Å²) in [6.45, 7) is 0. The number of aromatic nitrogens is 5. The zero-order valence-electron chi connectivity index (χ0n) is 15.2. The van der Waals surface area contributed by atoms with Crippen molar-refractivity contribution in [3.8, 4) is 5.69 Å². The van der Waals surface area contributed by atoms with Crippen LogP contribution in [0.25, 0.3) is 5.69 Å². The fraction of sp³-hybridized carbons (Fsp3) is 0.333. The fourth-order valence-electron chi connectivity index (χ4n) is 2.63. The summed E-state index contributed by atoms with van der Waals surface area (Å²) in [4.78, 5) is 13.9. The fourth-order valence-corrected chi connectivity index (χ4v) is 3.34. The number of hydrogen-bond donors (Lipinski definition) is 0. The first-order valence-corrected chi connectivity index (χ1v) is 9.47. The van der Waals surface area contributed by atoms with Crippen molar-refractivity contribution in [3.05, 3.63) is 47.9 Å². The van der Waals surface area contributed by atoms with Crippen molar-refractivity contribution < 1.29 is 13.2 Å². The van der Waals surface area contributed by atoms with Gasteiger partial charge in [0.15, 0.2) is 10.9 Å². The van der Waals surface area contributed by atoms with Gasteiger partial charge in [-0.15, -0.1) is 5.10 Å². The third kappa shape index (κ3) is 3.96. The molecule has 0 aliphatic heterocycles. The Kier molecular flexibility index (Phi) is 4.74. The van der Waals surface area contributed by atoms with Crippen molar-refractivity contribution >= 4 is 17.6 Å². The summed E-state index contributed by atoms with van der Waals surface area (Å²) in [5.41, 5.74) is -0.124. The smallest absolute Gasteiger partial charge is 0.363 e. The minimum atomic E-state index is -4.56. The molecule has 1 aromatic carbocycles. The van der Waals surface area contributed by atoms with Gasteiger partial charge in [-0.3, -0.25) is 0 Å². The molecular formula is C18H17F3N6S. The summed E-state index contributed by atoms with van der Waals surface area (Å²) in [6.07, 6.45) is -2.50. The van der Waals surface area contributed by atoms with Crippen molar-refractivity contribution in [2.75, 3.05) is 19.0 Å². The van der Waals surface area contributed by atoms with Gasteiger partial charge in [-0.25, -0.2) is 19.6 Å². The molecular weight excluding hydrogens is 389 g/mol. The molecule has 0 bridgehead atoms. The lowest BCUT2D eigenvalue weighted by Gasteiger charge is -2.14. The van der Waals surface area contributed by atoms with E-state index in [1.165, 1.54) is 4.90 Å². The molecule has 0 atom stereocenters. The molecule has 0 spiro atoms. The Balaban J connectivity index is 1.71. The Hall–Kier alpha value is -2.62. The third-order valence-corrected chi connectivity index (χ3v) is 4.90. The van der Waals surface area contributed by atoms with Gasteiger partial charge in [-0.2, -0.15) is 13.2 Å². The number of nitrogens with zero attached hydrogens (tertiary/aromatic N) is 6. The van der Waals surface area contributed by atoms with Crippen molar-refractivity contribution in [1.82, 2.24) is 24.7 Å². The van der Waals surface area contributed by atoms with Gasteiger partial charge in [-0.05, 0) is 36.7 Å². The highest BCUT2D eigenvalue weighted by atomic mass is 32.2. The predicted octanol–water partition coefficient (Wildman–Crippen LogP) is 4.17. The van der Waals surface area contributed by atoms with Crippen LogP contribution in [0.3, 0.4) is 0 Å². The van der Waals surface area contributed by atoms with E-state index in [2.05, 4.69) is 20.1 Å². The van der Waals surface area contributed by atoms with E-state index in [4.69, 9.17) is 0 Å². The second-order valence-corrected chi connectivity index (χ2v) is 7.60. The summed E-state index contributed by atoms with van der Waals surface area (Å²) in [7, 11) is 3.26. The number of benzene rings is 1. The van der Waals surface area contributed by atoms with Gasteiger partial charge in [0, 0.05) is 26.1 Å². The van der Waals surface area contributed by atoms with E-state index in [0.29, 0.717) is 11.1 Å². The number of alkyl halides is 3. The van der Waals surface area contributed by atoms with Gasteiger partial charge in [0.1, 0.15) is 11.6 Å². The molecule has 1 saturated carbocycles. The SMILES string of the molecule is CN(C)c1cc(C(F)(F)F)nc(Sc2nc(C3CC3)n(-c3ccccc3)n2)n1. The van der Waals surface area contributed by atoms with E-state index in [9.17, 15) is 13.2 Å². The second-order valence-electron chi connectivity index (χ2n) is 6.66. The van der Waals surface area contributed by atoms with Gasteiger partial charge >= 0.3 is 6.18 Å². The van der Waals surface area contributed by atoms with E-state index in [-0.39, 0.29) is 11.0 Å². The first-order valence-electron chi connectivity index (χ1n) is 8.65. The van der Waals surface area contributed by atoms with Crippen molar-refractivity contribution in [3.63, 3.8) is 0 Å². The molecule has 2 aromatic heterocycles. The molecule has 3 aromatic rings. The van der Waals surface area contributed by atoms with Crippen LogP contribution in [0.5, 0.6) is 0 Å². The minimum absolute atomic E-state index is 0.0360. The summed E-state index contributed by atoms with van der Waals surface area (Å²) in [6, 6.07) is 10.5. The van der Waals surface area contributed by atoms with Gasteiger partial charge in [0.25, 0.3) is 0 Å². The average Bonchev–Trinajstić information content (AvgIpc) is 3.42. The van der Waals surface area contributed by atoms with Crippen LogP contribution in [0.1, 0.15) is 30.3 Å². The molecule has 10 heteroatoms. The van der Waals surface area contributed by atoms with Crippen LogP contribution >= 0.6 is 11.8 Å². The number of rotatable bonds is 5. The summed E-state index contributed by atoms with van der Waals surface area (Å²) < 4.78 is 41.4. The summed E-state index contributed by atoms with van der Waals surface area (Å²) >= 11 is 0.932. The Morgan fingerprint density at radius 3 is 2.36 bits per heavy atom. The highest BCUT2D eigenvalue weighted by Crippen LogP contribution is 2.41. The van der Waals surface area contributed by atoms with Crippen molar-refractivity contribution in [2.24, 2.45) is 0 Å². The number of halogens is 3. The third-order valence-electron chi connectivity index (χ3n) is 4.18. The molecule has 6 nitrogen and oxygen atoms in total. The quantitative estimate of drug-likeness (QED) is 0.593. The first-order chi connectivity index (χ1) is 13.3. The maximum atomic E-state index is 13.2. The van der Waals surface area contributed by atoms with Crippen LogP contribution in [-0.2, 0) is 6.18 Å². The Bertz CT molecular complexity index is 983. The Morgan fingerprint density at radius 1 is 1.04 bits per heavy atom. The Morgan fingerprint density at radius 2 is 1.75 bits per heavy atom. The largest absolute Gasteiger partial charge is 0.433 e. The zero-order valence-corrected chi connectivity index (χ0v) is 16.0. The lowest BCUT2D eigenvalue weighted by Crippen LogP contribution is -2.16. The monoisotopic (exact) mass is 406 g/mol. The maximum Gasteiger partial charge on any atom is 0.433 e. The Labute approximate surface area is 163 Å². The number of anilines is 1. The molecule has 1 fully saturated rings. The average molecular weight is 406 g/mol. The molecule has 2 heterocycles. The molecule has 4 rings (SSSR count). The van der Waals surface area contributed by atoms with E-state index in [1.54, 1.807) is 18.8 Å². The van der Waals surface area contributed by atoms with Gasteiger partial charge in [-0.1, -0.05) is 18.2 Å². The van der Waals surface area contributed by atoms with Crippen LogP contribution in [0, 0.1) is 0 Å². The first kappa shape index (κ1) is 18.7. The lowest BCUT2D eigenvalue weighted by atomic mass is 10.3. The van der Waals surface area contributed by atoms with Crippen LogP contribution in [0.4, 0.5) is 19.0 Å². The molecule has 1 aliphatic carbocycles. The number of hydrogen-bond acceptors (Lipinski definition) is 6. The molecule has 28 heavy (non-hydrogen) atoms. The van der Waals surface area contributed by atoms with Crippen molar-refractivity contribution in [2.45, 2.75) is 35.2 Å². The van der Waals surface area contributed by atoms with Crippen LogP contribution in [0.2, 0.25) is 0 Å². The zero-order chi connectivity index (χ0) is 19.9. The highest BCUT2D eigenvalue weighted by molar-refractivity contribution is 7.99. The molecule has 0 N–H and O–H groups in total. The number of para-hydroxylation sites is 1. The standard InChI is InChI=1S/C18H17F3N6S/c1-26(2)14-10-13(18(19,20)21)22-16(23-14)28-17-24-15(11-8-9-11)27(25-17)12-6-4-3-5-7-12/h3-7,10-11H,8-9H2,1-2H3. The van der Waals surface area contributed by atoms with Gasteiger partial charge in [0.05, 0.1) is 5.69 Å². The summed E-state index contributed by atoms with van der Waals surface area (Å²) in [5.74, 6) is 1.31. The minimum Gasteiger partial charge on any atom is -0.363 e. The van der Waals surface area contributed by atoms with Gasteiger partial charge in [0.2, 0.25) is 5.16 Å². The van der Waals surface area contributed by atoms with Crippen LogP contribution < -0.4 is 4.90 Å². The van der Waals surface area contributed by atoms with Crippen LogP contribution in [0.15, 0.2) is 46.7 Å². The molecule has 0 radical (unpaired) electrons. The molecule has 1 aliphatic rings. The normalized spacial score (nSPS) is 14.3. The summed E-state index contributed by atoms with van der Waals surface area (Å²) in [5, 5.41) is 4.79. The predicted molar refractivity (Wildman–Crippen MR) is 98.8 cm³/mol. The molecule has 0 unspecified atom stereocenters. The molecule has 0 amide bonds. The lowest BCUT2D eigenvalue weighted by molar-refractivity contribution is -0.141. The highest BCUT2D eigenvalue weighted by Gasteiger charge is 2.34. The second kappa shape index (κ2) is 7.08. The maximum absolute atomic E-state index is 13.2. The van der Waals surface area contributed by atoms with Crippen molar-refractivity contribution in [1.29, 1.82) is 0 Å². The van der Waals surface area contributed by atoms with Gasteiger partial charge < -0.3 is 4.90 Å². The van der Waals surface area contributed by atoms with E-state index >= 15 is 0 Å². The molecule has 0 saturated heterocycles. The van der Waals surface area contributed by atoms with E-state index < -0.39 is 11.9 Å². The van der Waals surface area contributed by atoms with E-state index in [1.807, 2.05) is 30.3 Å². The van der Waals surface area contributed by atoms with E-state index in [0.717, 1.165) is 42.2 Å².